The number of benzene rings is 2. The normalized spacial score (nSPS) is 25.1. The third kappa shape index (κ3) is 3.32. The average Bonchev–Trinajstić information content (AvgIpc) is 2.83. The van der Waals surface area contributed by atoms with Crippen molar-refractivity contribution in [2.45, 2.75) is 19.5 Å². The van der Waals surface area contributed by atoms with Crippen molar-refractivity contribution in [1.29, 1.82) is 0 Å². The Balaban J connectivity index is 0.00000147. The highest BCUT2D eigenvalue weighted by Crippen LogP contribution is 2.66. The summed E-state index contributed by atoms with van der Waals surface area (Å²) in [5.41, 5.74) is 1.52. The molecule has 0 spiro atoms. The molecule has 0 saturated carbocycles. The summed E-state index contributed by atoms with van der Waals surface area (Å²) in [6, 6.07) is 22.4. The van der Waals surface area contributed by atoms with Gasteiger partial charge in [-0.1, -0.05) is 55.5 Å². The van der Waals surface area contributed by atoms with Crippen LogP contribution in [0.15, 0.2) is 60.7 Å². The highest BCUT2D eigenvalue weighted by molar-refractivity contribution is 8.93. The van der Waals surface area contributed by atoms with E-state index in [-0.39, 0.29) is 17.0 Å². The molecular formula is C18H23BrP+. The monoisotopic (exact) mass is 349 g/mol. The molecule has 0 aromatic heterocycles. The van der Waals surface area contributed by atoms with Crippen LogP contribution in [0.3, 0.4) is 0 Å². The van der Waals surface area contributed by atoms with E-state index < -0.39 is 7.26 Å². The summed E-state index contributed by atoms with van der Waals surface area (Å²) in [6.07, 6.45) is 5.58. The zero-order valence-corrected chi connectivity index (χ0v) is 14.6. The topological polar surface area (TPSA) is 0 Å². The summed E-state index contributed by atoms with van der Waals surface area (Å²) in [5.74, 6) is 0.900. The van der Waals surface area contributed by atoms with Gasteiger partial charge >= 0.3 is 0 Å². The Morgan fingerprint density at radius 2 is 1.55 bits per heavy atom. The summed E-state index contributed by atoms with van der Waals surface area (Å²) in [7, 11) is -0.977. The van der Waals surface area contributed by atoms with E-state index >= 15 is 0 Å². The van der Waals surface area contributed by atoms with E-state index in [9.17, 15) is 0 Å². The van der Waals surface area contributed by atoms with Crippen LogP contribution in [-0.2, 0) is 6.16 Å². The van der Waals surface area contributed by atoms with E-state index in [1.54, 1.807) is 5.30 Å². The molecule has 0 aliphatic carbocycles. The molecule has 2 heteroatoms. The Morgan fingerprint density at radius 3 is 2.10 bits per heavy atom. The summed E-state index contributed by atoms with van der Waals surface area (Å²) in [4.78, 5) is 0. The van der Waals surface area contributed by atoms with Gasteiger partial charge in [0.2, 0.25) is 0 Å². The van der Waals surface area contributed by atoms with Gasteiger partial charge < -0.3 is 0 Å². The zero-order chi connectivity index (χ0) is 13.1. The lowest BCUT2D eigenvalue weighted by Gasteiger charge is -2.23. The van der Waals surface area contributed by atoms with Crippen LogP contribution < -0.4 is 5.30 Å². The van der Waals surface area contributed by atoms with Crippen molar-refractivity contribution in [3.8, 4) is 0 Å². The largest absolute Gasteiger partial charge is 0.114 e. The maximum Gasteiger partial charge on any atom is 0.0943 e. The number of halogens is 1. The van der Waals surface area contributed by atoms with Gasteiger partial charge in [-0.15, -0.1) is 17.0 Å². The molecule has 2 aromatic carbocycles. The van der Waals surface area contributed by atoms with Gasteiger partial charge in [-0.25, -0.2) is 0 Å². The van der Waals surface area contributed by atoms with Gasteiger partial charge in [0.25, 0.3) is 0 Å². The maximum atomic E-state index is 2.43. The molecule has 106 valence electrons. The van der Waals surface area contributed by atoms with Gasteiger partial charge in [0.1, 0.15) is 0 Å². The van der Waals surface area contributed by atoms with Crippen LogP contribution in [0, 0.1) is 5.92 Å². The molecular weight excluding hydrogens is 327 g/mol. The minimum Gasteiger partial charge on any atom is -0.114 e. The molecule has 1 saturated heterocycles. The standard InChI is InChI=1S/C18H22P.BrH/c1-16-12-13-19(14-16,18-10-6-3-7-11-18)15-17-8-4-2-5-9-17;/h2-11,16H,12-15H2,1H3;1H/q+1;. The second-order valence-electron chi connectivity index (χ2n) is 5.92. The van der Waals surface area contributed by atoms with E-state index in [1.807, 2.05) is 0 Å². The van der Waals surface area contributed by atoms with Gasteiger partial charge in [0.15, 0.2) is 0 Å². The van der Waals surface area contributed by atoms with Crippen LogP contribution in [0.2, 0.25) is 0 Å². The van der Waals surface area contributed by atoms with Crippen molar-refractivity contribution >= 4 is 29.5 Å². The average molecular weight is 350 g/mol. The molecule has 3 rings (SSSR count). The molecule has 1 aliphatic rings. The minimum absolute atomic E-state index is 0. The minimum atomic E-state index is -0.977. The second kappa shape index (κ2) is 6.87. The molecule has 20 heavy (non-hydrogen) atoms. The fraction of sp³-hybridized carbons (Fsp3) is 0.333. The molecule has 0 radical (unpaired) electrons. The van der Waals surface area contributed by atoms with Crippen LogP contribution in [0.5, 0.6) is 0 Å². The van der Waals surface area contributed by atoms with Gasteiger partial charge in [0.05, 0.1) is 31.1 Å². The first-order valence-electron chi connectivity index (χ1n) is 7.24. The predicted octanol–water partition coefficient (Wildman–Crippen LogP) is 5.15. The maximum absolute atomic E-state index is 2.43. The lowest BCUT2D eigenvalue weighted by atomic mass is 10.2. The van der Waals surface area contributed by atoms with Gasteiger partial charge in [-0.2, -0.15) is 0 Å². The summed E-state index contributed by atoms with van der Waals surface area (Å²) in [6.45, 7) is 2.43. The Hall–Kier alpha value is -0.650. The smallest absolute Gasteiger partial charge is 0.0943 e. The summed E-state index contributed by atoms with van der Waals surface area (Å²) in [5, 5.41) is 1.64. The van der Waals surface area contributed by atoms with Crippen molar-refractivity contribution in [3.05, 3.63) is 66.2 Å². The molecule has 2 aromatic rings. The van der Waals surface area contributed by atoms with Gasteiger partial charge in [-0.3, -0.25) is 0 Å². The van der Waals surface area contributed by atoms with Crippen LogP contribution in [0.4, 0.5) is 0 Å². The molecule has 2 atom stereocenters. The van der Waals surface area contributed by atoms with Crippen molar-refractivity contribution in [2.24, 2.45) is 5.92 Å². The first-order valence-corrected chi connectivity index (χ1v) is 9.59. The van der Waals surface area contributed by atoms with Gasteiger partial charge in [0, 0.05) is 0 Å². The van der Waals surface area contributed by atoms with E-state index in [4.69, 9.17) is 0 Å². The molecule has 0 bridgehead atoms. The molecule has 0 nitrogen and oxygen atoms in total. The summed E-state index contributed by atoms with van der Waals surface area (Å²) >= 11 is 0. The third-order valence-corrected chi connectivity index (χ3v) is 9.14. The number of hydrogen-bond acceptors (Lipinski definition) is 0. The van der Waals surface area contributed by atoms with Crippen LogP contribution >= 0.6 is 24.2 Å². The van der Waals surface area contributed by atoms with Crippen molar-refractivity contribution in [1.82, 2.24) is 0 Å². The Kier molecular flexibility index (Phi) is 5.41. The second-order valence-corrected chi connectivity index (χ2v) is 9.86. The van der Waals surface area contributed by atoms with Crippen LogP contribution in [0.25, 0.3) is 0 Å². The molecule has 0 amide bonds. The summed E-state index contributed by atoms with van der Waals surface area (Å²) < 4.78 is 0. The van der Waals surface area contributed by atoms with Crippen LogP contribution in [0.1, 0.15) is 18.9 Å². The number of hydrogen-bond donors (Lipinski definition) is 0. The van der Waals surface area contributed by atoms with Crippen molar-refractivity contribution < 1.29 is 0 Å². The first kappa shape index (κ1) is 15.7. The quantitative estimate of drug-likeness (QED) is 0.672. The molecule has 1 fully saturated rings. The highest BCUT2D eigenvalue weighted by Gasteiger charge is 2.46. The molecule has 2 unspecified atom stereocenters. The predicted molar refractivity (Wildman–Crippen MR) is 97.0 cm³/mol. The fourth-order valence-corrected chi connectivity index (χ4v) is 8.54. The van der Waals surface area contributed by atoms with E-state index in [2.05, 4.69) is 67.6 Å². The zero-order valence-electron chi connectivity index (χ0n) is 12.0. The Morgan fingerprint density at radius 1 is 0.950 bits per heavy atom. The Bertz CT molecular complexity index is 526. The SMILES string of the molecule is Br.CC1CC[P+](Cc2ccccc2)(c2ccccc2)C1. The number of rotatable bonds is 3. The molecule has 0 N–H and O–H groups in total. The van der Waals surface area contributed by atoms with E-state index in [0.29, 0.717) is 0 Å². The third-order valence-electron chi connectivity index (χ3n) is 4.34. The molecule has 1 aliphatic heterocycles. The highest BCUT2D eigenvalue weighted by atomic mass is 79.9. The van der Waals surface area contributed by atoms with Gasteiger partial charge in [-0.05, 0) is 30.0 Å². The fourth-order valence-electron chi connectivity index (χ4n) is 3.39. The first-order chi connectivity index (χ1) is 9.28. The molecule has 1 heterocycles. The Labute approximate surface area is 133 Å². The van der Waals surface area contributed by atoms with E-state index in [1.165, 1.54) is 30.5 Å². The van der Waals surface area contributed by atoms with E-state index in [0.717, 1.165) is 5.92 Å². The lowest BCUT2D eigenvalue weighted by molar-refractivity contribution is 0.668. The van der Waals surface area contributed by atoms with Crippen molar-refractivity contribution in [2.75, 3.05) is 12.3 Å². The van der Waals surface area contributed by atoms with Crippen molar-refractivity contribution in [3.63, 3.8) is 0 Å². The lowest BCUT2D eigenvalue weighted by Crippen LogP contribution is -2.15. The van der Waals surface area contributed by atoms with Crippen LogP contribution in [-0.4, -0.2) is 12.3 Å².